The first-order chi connectivity index (χ1) is 13.2. The van der Waals surface area contributed by atoms with E-state index in [9.17, 15) is 4.79 Å². The van der Waals surface area contributed by atoms with E-state index in [-0.39, 0.29) is 5.91 Å². The van der Waals surface area contributed by atoms with Crippen LogP contribution in [0.3, 0.4) is 0 Å². The van der Waals surface area contributed by atoms with Gasteiger partial charge in [0.2, 0.25) is 0 Å². The lowest BCUT2D eigenvalue weighted by Crippen LogP contribution is -2.36. The minimum Gasteiger partial charge on any atom is -0.378 e. The van der Waals surface area contributed by atoms with Gasteiger partial charge in [-0.3, -0.25) is 4.79 Å². The minimum absolute atomic E-state index is 0.0509. The molecule has 1 aliphatic heterocycles. The molecular weight excluding hydrogens is 378 g/mol. The fourth-order valence-corrected chi connectivity index (χ4v) is 4.57. The van der Waals surface area contributed by atoms with E-state index >= 15 is 0 Å². The number of carbonyl (C=O) groups excluding carboxylic acids is 1. The molecule has 27 heavy (non-hydrogen) atoms. The Morgan fingerprint density at radius 2 is 1.96 bits per heavy atom. The Balaban J connectivity index is 1.39. The number of rotatable bonds is 5. The van der Waals surface area contributed by atoms with Crippen LogP contribution in [0.4, 0.5) is 5.69 Å². The van der Waals surface area contributed by atoms with Gasteiger partial charge in [-0.05, 0) is 29.1 Å². The van der Waals surface area contributed by atoms with Crippen LogP contribution in [-0.2, 0) is 11.3 Å². The maximum absolute atomic E-state index is 12.7. The van der Waals surface area contributed by atoms with Gasteiger partial charge < -0.3 is 14.5 Å². The van der Waals surface area contributed by atoms with E-state index < -0.39 is 0 Å². The van der Waals surface area contributed by atoms with Crippen molar-refractivity contribution in [1.82, 2.24) is 9.88 Å². The Morgan fingerprint density at radius 3 is 2.67 bits per heavy atom. The van der Waals surface area contributed by atoms with E-state index in [1.54, 1.807) is 16.2 Å². The fraction of sp³-hybridized carbons (Fsp3) is 0.300. The predicted octanol–water partition coefficient (Wildman–Crippen LogP) is 3.98. The van der Waals surface area contributed by atoms with E-state index in [0.29, 0.717) is 12.2 Å². The van der Waals surface area contributed by atoms with Crippen LogP contribution in [0.25, 0.3) is 10.6 Å². The molecule has 0 unspecified atom stereocenters. The lowest BCUT2D eigenvalue weighted by Gasteiger charge is -2.29. The van der Waals surface area contributed by atoms with Crippen molar-refractivity contribution in [2.45, 2.75) is 6.54 Å². The number of morpholine rings is 1. The van der Waals surface area contributed by atoms with Crippen molar-refractivity contribution < 1.29 is 9.53 Å². The first kappa shape index (κ1) is 18.2. The maximum Gasteiger partial charge on any atom is 0.273 e. The van der Waals surface area contributed by atoms with Crippen LogP contribution in [0.15, 0.2) is 46.5 Å². The molecule has 1 aromatic carbocycles. The number of carbonyl (C=O) groups is 1. The number of thiazole rings is 1. The van der Waals surface area contributed by atoms with Crippen molar-refractivity contribution in [1.29, 1.82) is 0 Å². The van der Waals surface area contributed by atoms with Crippen LogP contribution in [0, 0.1) is 0 Å². The number of thiophene rings is 1. The maximum atomic E-state index is 12.7. The molecule has 0 bridgehead atoms. The zero-order chi connectivity index (χ0) is 18.6. The molecular formula is C20H21N3O2S2. The van der Waals surface area contributed by atoms with E-state index in [0.717, 1.165) is 42.4 Å². The van der Waals surface area contributed by atoms with Crippen LogP contribution in [0.2, 0.25) is 0 Å². The molecule has 0 spiro atoms. The second kappa shape index (κ2) is 8.21. The first-order valence-corrected chi connectivity index (χ1v) is 10.7. The number of ether oxygens (including phenoxy) is 1. The monoisotopic (exact) mass is 399 g/mol. The molecule has 0 radical (unpaired) electrons. The quantitative estimate of drug-likeness (QED) is 0.651. The zero-order valence-corrected chi connectivity index (χ0v) is 16.8. The number of hydrogen-bond acceptors (Lipinski definition) is 6. The number of amides is 1. The summed E-state index contributed by atoms with van der Waals surface area (Å²) in [6.45, 7) is 3.97. The number of benzene rings is 1. The van der Waals surface area contributed by atoms with Crippen LogP contribution in [0.1, 0.15) is 16.1 Å². The van der Waals surface area contributed by atoms with Gasteiger partial charge in [0.05, 0.1) is 13.2 Å². The van der Waals surface area contributed by atoms with Crippen molar-refractivity contribution in [3.63, 3.8) is 0 Å². The fourth-order valence-electron chi connectivity index (χ4n) is 3.07. The van der Waals surface area contributed by atoms with Crippen molar-refractivity contribution in [2.75, 3.05) is 38.3 Å². The van der Waals surface area contributed by atoms with Gasteiger partial charge in [0.15, 0.2) is 0 Å². The van der Waals surface area contributed by atoms with Gasteiger partial charge in [-0.15, -0.1) is 11.3 Å². The highest BCUT2D eigenvalue weighted by atomic mass is 32.1. The molecule has 1 saturated heterocycles. The van der Waals surface area contributed by atoms with Gasteiger partial charge in [-0.2, -0.15) is 11.3 Å². The van der Waals surface area contributed by atoms with Gasteiger partial charge in [-0.1, -0.05) is 12.1 Å². The molecule has 7 heteroatoms. The molecule has 2 aromatic heterocycles. The standard InChI is InChI=1S/C20H21N3O2S2/c1-22(20(24)18-14-27-19(21-18)16-6-11-26-13-16)12-15-2-4-17(5-3-15)23-7-9-25-10-8-23/h2-6,11,13-14H,7-10,12H2,1H3. The Labute approximate surface area is 166 Å². The molecule has 1 amide bonds. The third kappa shape index (κ3) is 4.21. The molecule has 0 N–H and O–H groups in total. The predicted molar refractivity (Wildman–Crippen MR) is 111 cm³/mol. The Kier molecular flexibility index (Phi) is 5.52. The van der Waals surface area contributed by atoms with Gasteiger partial charge in [0.25, 0.3) is 5.91 Å². The number of aromatic nitrogens is 1. The van der Waals surface area contributed by atoms with Crippen molar-refractivity contribution in [2.24, 2.45) is 0 Å². The highest BCUT2D eigenvalue weighted by Crippen LogP contribution is 2.26. The van der Waals surface area contributed by atoms with Crippen LogP contribution in [0.5, 0.6) is 0 Å². The van der Waals surface area contributed by atoms with Gasteiger partial charge in [-0.25, -0.2) is 4.98 Å². The van der Waals surface area contributed by atoms with Crippen LogP contribution >= 0.6 is 22.7 Å². The van der Waals surface area contributed by atoms with Crippen LogP contribution < -0.4 is 4.90 Å². The summed E-state index contributed by atoms with van der Waals surface area (Å²) in [6.07, 6.45) is 0. The second-order valence-corrected chi connectivity index (χ2v) is 8.12. The number of nitrogens with zero attached hydrogens (tertiary/aromatic N) is 3. The van der Waals surface area contributed by atoms with Crippen LogP contribution in [-0.4, -0.2) is 49.1 Å². The summed E-state index contributed by atoms with van der Waals surface area (Å²) in [6, 6.07) is 10.4. The third-order valence-corrected chi connectivity index (χ3v) is 6.15. The molecule has 1 aliphatic rings. The molecule has 0 atom stereocenters. The van der Waals surface area contributed by atoms with Gasteiger partial charge >= 0.3 is 0 Å². The van der Waals surface area contributed by atoms with Gasteiger partial charge in [0, 0.05) is 48.7 Å². The molecule has 5 nitrogen and oxygen atoms in total. The summed E-state index contributed by atoms with van der Waals surface area (Å²) in [7, 11) is 1.82. The van der Waals surface area contributed by atoms with E-state index in [2.05, 4.69) is 34.1 Å². The lowest BCUT2D eigenvalue weighted by atomic mass is 10.1. The topological polar surface area (TPSA) is 45.7 Å². The Hall–Kier alpha value is -2.22. The number of anilines is 1. The normalized spacial score (nSPS) is 14.3. The SMILES string of the molecule is CN(Cc1ccc(N2CCOCC2)cc1)C(=O)c1csc(-c2ccsc2)n1. The zero-order valence-electron chi connectivity index (χ0n) is 15.1. The van der Waals surface area contributed by atoms with E-state index in [4.69, 9.17) is 4.74 Å². The molecule has 140 valence electrons. The Morgan fingerprint density at radius 1 is 1.19 bits per heavy atom. The molecule has 0 aliphatic carbocycles. The van der Waals surface area contributed by atoms with Crippen molar-refractivity contribution in [3.05, 3.63) is 57.7 Å². The molecule has 0 saturated carbocycles. The largest absolute Gasteiger partial charge is 0.378 e. The highest BCUT2D eigenvalue weighted by molar-refractivity contribution is 7.14. The third-order valence-electron chi connectivity index (χ3n) is 4.57. The van der Waals surface area contributed by atoms with E-state index in [1.165, 1.54) is 17.0 Å². The summed E-state index contributed by atoms with van der Waals surface area (Å²) in [5, 5.41) is 6.80. The van der Waals surface area contributed by atoms with Crippen molar-refractivity contribution >= 4 is 34.3 Å². The average Bonchev–Trinajstić information content (AvgIpc) is 3.40. The summed E-state index contributed by atoms with van der Waals surface area (Å²) >= 11 is 3.14. The lowest BCUT2D eigenvalue weighted by molar-refractivity contribution is 0.0780. The molecule has 1 fully saturated rings. The summed E-state index contributed by atoms with van der Waals surface area (Å²) < 4.78 is 5.40. The molecule has 3 aromatic rings. The number of hydrogen-bond donors (Lipinski definition) is 0. The average molecular weight is 400 g/mol. The van der Waals surface area contributed by atoms with Crippen molar-refractivity contribution in [3.8, 4) is 10.6 Å². The van der Waals surface area contributed by atoms with Gasteiger partial charge in [0.1, 0.15) is 10.7 Å². The summed E-state index contributed by atoms with van der Waals surface area (Å²) in [5.41, 5.74) is 3.89. The highest BCUT2D eigenvalue weighted by Gasteiger charge is 2.17. The summed E-state index contributed by atoms with van der Waals surface area (Å²) in [5.74, 6) is -0.0509. The minimum atomic E-state index is -0.0509. The summed E-state index contributed by atoms with van der Waals surface area (Å²) in [4.78, 5) is 21.2. The molecule has 3 heterocycles. The first-order valence-electron chi connectivity index (χ1n) is 8.86. The second-order valence-electron chi connectivity index (χ2n) is 6.48. The van der Waals surface area contributed by atoms with E-state index in [1.807, 2.05) is 29.3 Å². The smallest absolute Gasteiger partial charge is 0.273 e. The molecule has 4 rings (SSSR count). The Bertz CT molecular complexity index is 884.